The topological polar surface area (TPSA) is 99.3 Å². The molecule has 34 heavy (non-hydrogen) atoms. The van der Waals surface area contributed by atoms with Crippen LogP contribution >= 0.6 is 11.6 Å². The number of amides is 1. The summed E-state index contributed by atoms with van der Waals surface area (Å²) in [6.45, 7) is 0.180. The quantitative estimate of drug-likeness (QED) is 0.405. The lowest BCUT2D eigenvalue weighted by molar-refractivity contribution is -0.132. The van der Waals surface area contributed by atoms with E-state index in [1.54, 1.807) is 6.07 Å². The average Bonchev–Trinajstić information content (AvgIpc) is 3.22. The van der Waals surface area contributed by atoms with Gasteiger partial charge in [0.25, 0.3) is 5.91 Å². The second kappa shape index (κ2) is 8.79. The second-order valence-corrected chi connectivity index (χ2v) is 9.67. The van der Waals surface area contributed by atoms with Crippen molar-refractivity contribution in [1.29, 1.82) is 0 Å². The summed E-state index contributed by atoms with van der Waals surface area (Å²) in [5.74, 6) is -0.406. The monoisotopic (exact) mass is 490 g/mol. The van der Waals surface area contributed by atoms with Crippen molar-refractivity contribution in [2.24, 2.45) is 0 Å². The maximum atomic E-state index is 13.6. The van der Waals surface area contributed by atoms with Crippen LogP contribution in [-0.2, 0) is 11.3 Å². The van der Waals surface area contributed by atoms with Crippen LogP contribution < -0.4 is 15.4 Å². The third-order valence-electron chi connectivity index (χ3n) is 7.10. The summed E-state index contributed by atoms with van der Waals surface area (Å²) in [5, 5.41) is 17.4. The Morgan fingerprint density at radius 3 is 2.74 bits per heavy atom. The molecule has 1 atom stereocenters. The Morgan fingerprint density at radius 1 is 1.21 bits per heavy atom. The van der Waals surface area contributed by atoms with Gasteiger partial charge in [-0.25, -0.2) is 13.8 Å². The van der Waals surface area contributed by atoms with E-state index in [4.69, 9.17) is 16.3 Å². The molecule has 3 aliphatic carbocycles. The number of aliphatic hydroxyl groups is 1. The van der Waals surface area contributed by atoms with Crippen LogP contribution in [0.15, 0.2) is 36.4 Å². The molecule has 6 rings (SSSR count). The number of carbonyl (C=O) groups is 1. The average molecular weight is 491 g/mol. The minimum absolute atomic E-state index is 0.0189. The van der Waals surface area contributed by atoms with Crippen LogP contribution in [0, 0.1) is 11.6 Å². The predicted molar refractivity (Wildman–Crippen MR) is 122 cm³/mol. The van der Waals surface area contributed by atoms with Gasteiger partial charge in [0.15, 0.2) is 6.61 Å². The molecule has 180 valence electrons. The Hall–Kier alpha value is -2.75. The molecule has 3 aliphatic rings. The number of halogens is 3. The van der Waals surface area contributed by atoms with E-state index in [2.05, 4.69) is 20.6 Å². The van der Waals surface area contributed by atoms with Crippen molar-refractivity contribution in [1.82, 2.24) is 20.6 Å². The van der Waals surface area contributed by atoms with Gasteiger partial charge in [-0.05, 0) is 56.4 Å². The van der Waals surface area contributed by atoms with Gasteiger partial charge in [0, 0.05) is 17.7 Å². The molecule has 0 unspecified atom stereocenters. The van der Waals surface area contributed by atoms with E-state index in [1.165, 1.54) is 24.3 Å². The molecule has 0 radical (unpaired) electrons. The zero-order valence-electron chi connectivity index (χ0n) is 18.3. The number of aromatic nitrogens is 2. The molecule has 3 fully saturated rings. The van der Waals surface area contributed by atoms with Crippen LogP contribution in [-0.4, -0.2) is 44.8 Å². The molecule has 2 bridgehead atoms. The number of carbonyl (C=O) groups excluding carboxylic acids is 1. The fraction of sp³-hybridized carbons (Fsp3) is 0.417. The standard InChI is InChI=1S/C24H25ClF2N4O3/c25-16-3-2-15(10-17(16)27)34-13-22(33)31-24-7-5-23(6-8-24,11-20(24)32)28-12-21-29-18-4-1-14(26)9-19(18)30-21/h1-4,9-10,20,28,32H,5-8,11-13H2,(H,29,30)(H,31,33)/t20-,23?,24?/m0/s1. The number of nitrogens with one attached hydrogen (secondary N) is 3. The highest BCUT2D eigenvalue weighted by molar-refractivity contribution is 6.30. The number of nitrogens with zero attached hydrogens (tertiary/aromatic N) is 1. The number of aliphatic hydroxyl groups excluding tert-OH is 1. The maximum Gasteiger partial charge on any atom is 0.258 e. The Morgan fingerprint density at radius 2 is 2.00 bits per heavy atom. The van der Waals surface area contributed by atoms with Crippen molar-refractivity contribution in [3.8, 4) is 5.75 Å². The molecule has 1 amide bonds. The summed E-state index contributed by atoms with van der Waals surface area (Å²) < 4.78 is 32.4. The van der Waals surface area contributed by atoms with Crippen LogP contribution in [0.5, 0.6) is 5.75 Å². The maximum absolute atomic E-state index is 13.6. The first-order valence-electron chi connectivity index (χ1n) is 11.2. The zero-order chi connectivity index (χ0) is 23.9. The fourth-order valence-corrected chi connectivity index (χ4v) is 5.27. The van der Waals surface area contributed by atoms with Crippen LogP contribution in [0.1, 0.15) is 37.9 Å². The van der Waals surface area contributed by atoms with E-state index >= 15 is 0 Å². The van der Waals surface area contributed by atoms with Crippen molar-refractivity contribution in [2.75, 3.05) is 6.61 Å². The van der Waals surface area contributed by atoms with E-state index < -0.39 is 17.5 Å². The number of imidazole rings is 1. The summed E-state index contributed by atoms with van der Waals surface area (Å²) in [7, 11) is 0. The highest BCUT2D eigenvalue weighted by Crippen LogP contribution is 2.47. The molecule has 3 aromatic rings. The van der Waals surface area contributed by atoms with E-state index in [1.807, 2.05) is 0 Å². The van der Waals surface area contributed by atoms with E-state index in [-0.39, 0.29) is 34.6 Å². The number of rotatable bonds is 7. The lowest BCUT2D eigenvalue weighted by Gasteiger charge is -2.56. The van der Waals surface area contributed by atoms with Crippen molar-refractivity contribution in [2.45, 2.75) is 55.8 Å². The SMILES string of the molecule is O=C(COc1ccc(Cl)c(F)c1)NC12CCC(NCc3nc4cc(F)ccc4[nH]3)(CC1)C[C@@H]2O. The van der Waals surface area contributed by atoms with Gasteiger partial charge >= 0.3 is 0 Å². The number of aromatic amines is 1. The Balaban J connectivity index is 1.17. The van der Waals surface area contributed by atoms with Crippen LogP contribution in [0.25, 0.3) is 11.0 Å². The summed E-state index contributed by atoms with van der Waals surface area (Å²) in [6.07, 6.45) is 2.57. The smallest absolute Gasteiger partial charge is 0.258 e. The number of benzene rings is 2. The minimum Gasteiger partial charge on any atom is -0.484 e. The normalized spacial score (nSPS) is 26.1. The first-order valence-corrected chi connectivity index (χ1v) is 11.6. The van der Waals surface area contributed by atoms with E-state index in [9.17, 15) is 18.7 Å². The fourth-order valence-electron chi connectivity index (χ4n) is 5.15. The first-order chi connectivity index (χ1) is 16.3. The molecular weight excluding hydrogens is 466 g/mol. The lowest BCUT2D eigenvalue weighted by Crippen LogP contribution is -2.69. The zero-order valence-corrected chi connectivity index (χ0v) is 19.1. The van der Waals surface area contributed by atoms with Gasteiger partial charge in [-0.15, -0.1) is 0 Å². The van der Waals surface area contributed by atoms with Gasteiger partial charge in [-0.3, -0.25) is 4.79 Å². The molecule has 0 saturated heterocycles. The minimum atomic E-state index is -0.718. The number of H-pyrrole nitrogens is 1. The largest absolute Gasteiger partial charge is 0.484 e. The van der Waals surface area contributed by atoms with E-state index in [0.29, 0.717) is 37.1 Å². The van der Waals surface area contributed by atoms with Crippen molar-refractivity contribution in [3.05, 3.63) is 58.9 Å². The molecule has 10 heteroatoms. The molecule has 2 aromatic carbocycles. The molecule has 3 saturated carbocycles. The van der Waals surface area contributed by atoms with Gasteiger partial charge in [-0.2, -0.15) is 0 Å². The number of hydrogen-bond donors (Lipinski definition) is 4. The van der Waals surface area contributed by atoms with Gasteiger partial charge < -0.3 is 25.5 Å². The Labute approximate surface area is 199 Å². The molecule has 0 spiro atoms. The highest BCUT2D eigenvalue weighted by atomic mass is 35.5. The lowest BCUT2D eigenvalue weighted by atomic mass is 9.60. The van der Waals surface area contributed by atoms with Crippen molar-refractivity contribution < 1.29 is 23.4 Å². The molecular formula is C24H25ClF2N4O3. The summed E-state index contributed by atoms with van der Waals surface area (Å²) in [6, 6.07) is 8.43. The predicted octanol–water partition coefficient (Wildman–Crippen LogP) is 3.60. The van der Waals surface area contributed by atoms with Crippen molar-refractivity contribution in [3.63, 3.8) is 0 Å². The van der Waals surface area contributed by atoms with Gasteiger partial charge in [-0.1, -0.05) is 11.6 Å². The third kappa shape index (κ3) is 4.47. The molecule has 4 N–H and O–H groups in total. The van der Waals surface area contributed by atoms with Crippen LogP contribution in [0.4, 0.5) is 8.78 Å². The van der Waals surface area contributed by atoms with Crippen molar-refractivity contribution >= 4 is 28.5 Å². The third-order valence-corrected chi connectivity index (χ3v) is 7.40. The summed E-state index contributed by atoms with van der Waals surface area (Å²) in [5.41, 5.74) is 0.389. The number of hydrogen-bond acceptors (Lipinski definition) is 5. The van der Waals surface area contributed by atoms with Gasteiger partial charge in [0.1, 0.15) is 23.2 Å². The number of fused-ring (bicyclic) bond motifs is 4. The molecule has 1 heterocycles. The molecule has 1 aromatic heterocycles. The summed E-state index contributed by atoms with van der Waals surface area (Å²) >= 11 is 5.66. The number of ether oxygens (including phenoxy) is 1. The van der Waals surface area contributed by atoms with Crippen LogP contribution in [0.2, 0.25) is 5.02 Å². The van der Waals surface area contributed by atoms with Crippen LogP contribution in [0.3, 0.4) is 0 Å². The highest BCUT2D eigenvalue weighted by Gasteiger charge is 2.54. The Bertz CT molecular complexity index is 1230. The molecule has 7 nitrogen and oxygen atoms in total. The molecule has 0 aliphatic heterocycles. The first kappa shape index (κ1) is 23.0. The second-order valence-electron chi connectivity index (χ2n) is 9.27. The van der Waals surface area contributed by atoms with Gasteiger partial charge in [0.05, 0.1) is 34.2 Å². The van der Waals surface area contributed by atoms with Gasteiger partial charge in [0.2, 0.25) is 0 Å². The Kier molecular flexibility index (Phi) is 5.95. The van der Waals surface area contributed by atoms with E-state index in [0.717, 1.165) is 24.4 Å². The summed E-state index contributed by atoms with van der Waals surface area (Å²) in [4.78, 5) is 20.2.